The van der Waals surface area contributed by atoms with Gasteiger partial charge in [0.05, 0.1) is 43.2 Å². The summed E-state index contributed by atoms with van der Waals surface area (Å²) in [5.41, 5.74) is 4.92. The number of anilines is 1. The van der Waals surface area contributed by atoms with E-state index < -0.39 is 6.04 Å². The van der Waals surface area contributed by atoms with E-state index in [0.717, 1.165) is 22.2 Å². The Kier molecular flexibility index (Phi) is 7.60. The fraction of sp³-hybridized carbons (Fsp3) is 0.206. The molecule has 6 rings (SSSR count). The van der Waals surface area contributed by atoms with E-state index in [1.54, 1.807) is 23.6 Å². The van der Waals surface area contributed by atoms with Crippen molar-refractivity contribution in [2.24, 2.45) is 12.0 Å². The number of hydrogen-bond donors (Lipinski definition) is 1. The summed E-state index contributed by atoms with van der Waals surface area (Å²) < 4.78 is 21.1. The third-order valence-electron chi connectivity index (χ3n) is 8.02. The number of rotatable bonds is 7. The van der Waals surface area contributed by atoms with Gasteiger partial charge in [-0.2, -0.15) is 0 Å². The monoisotopic (exact) mass is 608 g/mol. The molecule has 3 heterocycles. The molecule has 9 nitrogen and oxygen atoms in total. The number of ether oxygens (including phenoxy) is 3. The first kappa shape index (κ1) is 29.0. The van der Waals surface area contributed by atoms with Crippen molar-refractivity contribution in [3.8, 4) is 17.2 Å². The molecule has 0 saturated carbocycles. The van der Waals surface area contributed by atoms with E-state index >= 15 is 0 Å². The standard InChI is InChI=1S/C34H32N4O5S/c1-19-29(32(39)36-22-12-8-7-9-13-22)30(21-16-26(41-4)31(43-6)27(17-21)42-5)38-33(40)28(44-34(38)35-19)18-24-20(2)37(3)25-15-11-10-14-23(24)25/h7-18,30H,1-6H3,(H,36,39)/b28-18-/t30-/m1/s1. The molecule has 1 amide bonds. The van der Waals surface area contributed by atoms with E-state index in [0.29, 0.717) is 49.1 Å². The largest absolute Gasteiger partial charge is 0.493 e. The van der Waals surface area contributed by atoms with Crippen LogP contribution in [-0.2, 0) is 11.8 Å². The second kappa shape index (κ2) is 11.5. The number of allylic oxidation sites excluding steroid dienone is 1. The Morgan fingerprint density at radius 3 is 2.27 bits per heavy atom. The maximum absolute atomic E-state index is 14.4. The number of methoxy groups -OCH3 is 3. The van der Waals surface area contributed by atoms with Crippen molar-refractivity contribution >= 4 is 39.9 Å². The van der Waals surface area contributed by atoms with Crippen LogP contribution in [0.2, 0.25) is 0 Å². The van der Waals surface area contributed by atoms with Crippen molar-refractivity contribution in [3.63, 3.8) is 0 Å². The highest BCUT2D eigenvalue weighted by molar-refractivity contribution is 7.07. The van der Waals surface area contributed by atoms with Crippen LogP contribution in [0.3, 0.4) is 0 Å². The highest BCUT2D eigenvalue weighted by Crippen LogP contribution is 2.42. The lowest BCUT2D eigenvalue weighted by Crippen LogP contribution is -2.40. The summed E-state index contributed by atoms with van der Waals surface area (Å²) in [6, 6.07) is 20.0. The average Bonchev–Trinajstić information content (AvgIpc) is 3.47. The number of nitrogens with zero attached hydrogens (tertiary/aromatic N) is 3. The first-order chi connectivity index (χ1) is 21.3. The van der Waals surface area contributed by atoms with Gasteiger partial charge < -0.3 is 24.1 Å². The van der Waals surface area contributed by atoms with Gasteiger partial charge in [-0.3, -0.25) is 14.2 Å². The maximum Gasteiger partial charge on any atom is 0.271 e. The molecule has 2 aromatic heterocycles. The third kappa shape index (κ3) is 4.77. The molecule has 5 aromatic rings. The van der Waals surface area contributed by atoms with Gasteiger partial charge in [-0.05, 0) is 55.8 Å². The number of thiazole rings is 1. The van der Waals surface area contributed by atoms with Gasteiger partial charge in [0, 0.05) is 34.9 Å². The van der Waals surface area contributed by atoms with Crippen molar-refractivity contribution in [2.45, 2.75) is 19.9 Å². The summed E-state index contributed by atoms with van der Waals surface area (Å²) in [6.07, 6.45) is 1.93. The molecule has 1 atom stereocenters. The average molecular weight is 609 g/mol. The number of para-hydroxylation sites is 2. The zero-order valence-electron chi connectivity index (χ0n) is 25.3. The molecular weight excluding hydrogens is 576 g/mol. The van der Waals surface area contributed by atoms with E-state index in [9.17, 15) is 9.59 Å². The van der Waals surface area contributed by atoms with Gasteiger partial charge in [0.25, 0.3) is 11.5 Å². The van der Waals surface area contributed by atoms with E-state index in [1.165, 1.54) is 32.7 Å². The molecule has 0 bridgehead atoms. The number of fused-ring (bicyclic) bond motifs is 2. The van der Waals surface area contributed by atoms with Gasteiger partial charge >= 0.3 is 0 Å². The van der Waals surface area contributed by atoms with Gasteiger partial charge in [0.1, 0.15) is 0 Å². The first-order valence-corrected chi connectivity index (χ1v) is 14.8. The predicted octanol–water partition coefficient (Wildman–Crippen LogP) is 4.70. The Balaban J connectivity index is 1.60. The SMILES string of the molecule is COc1cc([C@@H]2C(C(=O)Nc3ccccc3)=C(C)N=c3s/c(=C\c4c(C)n(C)c5ccccc45)c(=O)n32)cc(OC)c1OC. The zero-order valence-corrected chi connectivity index (χ0v) is 26.1. The third-order valence-corrected chi connectivity index (χ3v) is 9.01. The number of carbonyl (C=O) groups excluding carboxylic acids is 1. The number of hydrogen-bond acceptors (Lipinski definition) is 7. The minimum atomic E-state index is -0.820. The number of benzene rings is 3. The summed E-state index contributed by atoms with van der Waals surface area (Å²) in [5.74, 6) is 0.865. The normalized spacial score (nSPS) is 14.8. The van der Waals surface area contributed by atoms with Gasteiger partial charge in [-0.25, -0.2) is 4.99 Å². The molecule has 0 aliphatic carbocycles. The molecule has 0 spiro atoms. The maximum atomic E-state index is 14.4. The van der Waals surface area contributed by atoms with Crippen molar-refractivity contribution in [3.05, 3.63) is 115 Å². The number of nitrogens with one attached hydrogen (secondary N) is 1. The lowest BCUT2D eigenvalue weighted by atomic mass is 9.94. The van der Waals surface area contributed by atoms with E-state index in [1.807, 2.05) is 62.5 Å². The highest BCUT2D eigenvalue weighted by atomic mass is 32.1. The minimum Gasteiger partial charge on any atom is -0.493 e. The lowest BCUT2D eigenvalue weighted by molar-refractivity contribution is -0.113. The Labute approximate surface area is 258 Å². The number of carbonyl (C=O) groups is 1. The van der Waals surface area contributed by atoms with Crippen LogP contribution >= 0.6 is 11.3 Å². The van der Waals surface area contributed by atoms with Crippen LogP contribution in [-0.4, -0.2) is 36.4 Å². The van der Waals surface area contributed by atoms with Crippen molar-refractivity contribution < 1.29 is 19.0 Å². The summed E-state index contributed by atoms with van der Waals surface area (Å²) in [6.45, 7) is 3.83. The Morgan fingerprint density at radius 2 is 1.61 bits per heavy atom. The van der Waals surface area contributed by atoms with Crippen LogP contribution in [0.1, 0.15) is 29.8 Å². The lowest BCUT2D eigenvalue weighted by Gasteiger charge is -2.26. The topological polar surface area (TPSA) is 96.1 Å². The molecule has 0 radical (unpaired) electrons. The number of aromatic nitrogens is 2. The second-order valence-corrected chi connectivity index (χ2v) is 11.4. The first-order valence-electron chi connectivity index (χ1n) is 14.0. The fourth-order valence-electron chi connectivity index (χ4n) is 5.77. The van der Waals surface area contributed by atoms with Gasteiger partial charge in [-0.15, -0.1) is 0 Å². The van der Waals surface area contributed by atoms with Crippen LogP contribution in [0.25, 0.3) is 17.0 Å². The number of aryl methyl sites for hydroxylation is 1. The van der Waals surface area contributed by atoms with Crippen LogP contribution in [0.5, 0.6) is 17.2 Å². The molecule has 1 aliphatic heterocycles. The van der Waals surface area contributed by atoms with Crippen LogP contribution in [0, 0.1) is 6.92 Å². The van der Waals surface area contributed by atoms with Crippen LogP contribution in [0.4, 0.5) is 5.69 Å². The van der Waals surface area contributed by atoms with E-state index in [2.05, 4.69) is 22.0 Å². The fourth-order valence-corrected chi connectivity index (χ4v) is 6.80. The van der Waals surface area contributed by atoms with Crippen molar-refractivity contribution in [1.82, 2.24) is 9.13 Å². The highest BCUT2D eigenvalue weighted by Gasteiger charge is 2.34. The molecule has 1 N–H and O–H groups in total. The summed E-state index contributed by atoms with van der Waals surface area (Å²) in [7, 11) is 6.61. The quantitative estimate of drug-likeness (QED) is 0.289. The summed E-state index contributed by atoms with van der Waals surface area (Å²) in [5, 5.41) is 4.04. The van der Waals surface area contributed by atoms with Crippen molar-refractivity contribution in [2.75, 3.05) is 26.6 Å². The summed E-state index contributed by atoms with van der Waals surface area (Å²) in [4.78, 5) is 33.6. The van der Waals surface area contributed by atoms with Crippen LogP contribution in [0.15, 0.2) is 87.8 Å². The second-order valence-electron chi connectivity index (χ2n) is 10.4. The molecule has 1 aliphatic rings. The molecule has 0 unspecified atom stereocenters. The molecule has 224 valence electrons. The Hall–Kier alpha value is -5.09. The molecule has 44 heavy (non-hydrogen) atoms. The van der Waals surface area contributed by atoms with Gasteiger partial charge in [-0.1, -0.05) is 47.7 Å². The summed E-state index contributed by atoms with van der Waals surface area (Å²) >= 11 is 1.30. The zero-order chi connectivity index (χ0) is 31.1. The minimum absolute atomic E-state index is 0.252. The molecule has 0 saturated heterocycles. The molecule has 10 heteroatoms. The van der Waals surface area contributed by atoms with Gasteiger partial charge in [0.15, 0.2) is 16.3 Å². The molecule has 3 aromatic carbocycles. The van der Waals surface area contributed by atoms with Gasteiger partial charge in [0.2, 0.25) is 5.75 Å². The van der Waals surface area contributed by atoms with E-state index in [4.69, 9.17) is 19.2 Å². The Morgan fingerprint density at radius 1 is 0.955 bits per heavy atom. The molecule has 0 fully saturated rings. The Bertz CT molecular complexity index is 2110. The predicted molar refractivity (Wildman–Crippen MR) is 173 cm³/mol. The molecular formula is C34H32N4O5S. The smallest absolute Gasteiger partial charge is 0.271 e. The van der Waals surface area contributed by atoms with Crippen LogP contribution < -0.4 is 34.4 Å². The number of amides is 1. The van der Waals surface area contributed by atoms with E-state index in [-0.39, 0.29) is 11.5 Å². The van der Waals surface area contributed by atoms with Crippen molar-refractivity contribution in [1.29, 1.82) is 0 Å².